The summed E-state index contributed by atoms with van der Waals surface area (Å²) in [6, 6.07) is 0. The minimum Gasteiger partial charge on any atom is -0.176 e. The minimum atomic E-state index is 0.598. The molecule has 0 saturated heterocycles. The lowest BCUT2D eigenvalue weighted by molar-refractivity contribution is 0.408. The molecule has 0 heterocycles. The van der Waals surface area contributed by atoms with E-state index in [2.05, 4.69) is 32.2 Å². The van der Waals surface area contributed by atoms with Crippen LogP contribution < -0.4 is 0 Å². The highest BCUT2D eigenvalue weighted by Crippen LogP contribution is 2.30. The Balaban J connectivity index is 2.35. The van der Waals surface area contributed by atoms with Gasteiger partial charge in [0.15, 0.2) is 0 Å². The monoisotopic (exact) mass is 162 g/mol. The molecule has 3 unspecified atom stereocenters. The van der Waals surface area contributed by atoms with E-state index in [1.807, 2.05) is 0 Å². The molecule has 2 heteroatoms. The van der Waals surface area contributed by atoms with Crippen molar-refractivity contribution >= 4 is 25.3 Å². The van der Waals surface area contributed by atoms with Gasteiger partial charge in [-0.25, -0.2) is 0 Å². The molecule has 0 aromatic rings. The second kappa shape index (κ2) is 3.20. The Morgan fingerprint density at radius 2 is 1.89 bits per heavy atom. The Morgan fingerprint density at radius 1 is 1.22 bits per heavy atom. The summed E-state index contributed by atoms with van der Waals surface area (Å²) in [7, 11) is 0. The summed E-state index contributed by atoms with van der Waals surface area (Å²) < 4.78 is 0. The van der Waals surface area contributed by atoms with Crippen molar-refractivity contribution in [1.82, 2.24) is 0 Å². The Morgan fingerprint density at radius 3 is 2.33 bits per heavy atom. The topological polar surface area (TPSA) is 0 Å². The number of hydrogen-bond donors (Lipinski definition) is 2. The first kappa shape index (κ1) is 7.80. The number of thiol groups is 2. The van der Waals surface area contributed by atoms with E-state index in [1.165, 1.54) is 19.3 Å². The molecular formula is C7H14S2. The Hall–Kier alpha value is 0.700. The third-order valence-electron chi connectivity index (χ3n) is 2.13. The molecule has 0 spiro atoms. The van der Waals surface area contributed by atoms with Crippen LogP contribution in [0.1, 0.15) is 26.2 Å². The van der Waals surface area contributed by atoms with Crippen LogP contribution in [0, 0.1) is 5.92 Å². The molecule has 0 nitrogen and oxygen atoms in total. The van der Waals surface area contributed by atoms with E-state index in [0.29, 0.717) is 10.5 Å². The van der Waals surface area contributed by atoms with Crippen LogP contribution in [-0.4, -0.2) is 10.5 Å². The normalized spacial score (nSPS) is 45.0. The first-order chi connectivity index (χ1) is 4.20. The van der Waals surface area contributed by atoms with Gasteiger partial charge in [-0.2, -0.15) is 25.3 Å². The predicted molar refractivity (Wildman–Crippen MR) is 48.6 cm³/mol. The van der Waals surface area contributed by atoms with Gasteiger partial charge in [0.2, 0.25) is 0 Å². The summed E-state index contributed by atoms with van der Waals surface area (Å²) in [5.41, 5.74) is 0. The van der Waals surface area contributed by atoms with Crippen molar-refractivity contribution in [2.75, 3.05) is 0 Å². The minimum absolute atomic E-state index is 0.598. The second-order valence-corrected chi connectivity index (χ2v) is 4.41. The van der Waals surface area contributed by atoms with Crippen LogP contribution in [0.3, 0.4) is 0 Å². The summed E-state index contributed by atoms with van der Waals surface area (Å²) in [5.74, 6) is 0.803. The fourth-order valence-electron chi connectivity index (χ4n) is 1.28. The lowest BCUT2D eigenvalue weighted by Gasteiger charge is -2.28. The molecule has 1 fully saturated rings. The highest BCUT2D eigenvalue weighted by atomic mass is 32.1. The summed E-state index contributed by atoms with van der Waals surface area (Å²) in [6.45, 7) is 2.28. The van der Waals surface area contributed by atoms with Gasteiger partial charge in [-0.3, -0.25) is 0 Å². The van der Waals surface area contributed by atoms with E-state index >= 15 is 0 Å². The lowest BCUT2D eigenvalue weighted by Crippen LogP contribution is -2.23. The van der Waals surface area contributed by atoms with Crippen LogP contribution in [0.25, 0.3) is 0 Å². The van der Waals surface area contributed by atoms with E-state index in [1.54, 1.807) is 0 Å². The lowest BCUT2D eigenvalue weighted by atomic mass is 9.90. The average molecular weight is 162 g/mol. The number of hydrogen-bond acceptors (Lipinski definition) is 2. The standard InChI is InChI=1S/C7H14S2/c1-5-2-3-6(8)4-7(5)9/h5-9H,2-4H2,1H3. The van der Waals surface area contributed by atoms with Crippen LogP contribution in [0.2, 0.25) is 0 Å². The molecule has 1 aliphatic rings. The van der Waals surface area contributed by atoms with Gasteiger partial charge < -0.3 is 0 Å². The molecule has 1 rings (SSSR count). The molecule has 0 aromatic heterocycles. The fraction of sp³-hybridized carbons (Fsp3) is 1.00. The van der Waals surface area contributed by atoms with Gasteiger partial charge in [0.05, 0.1) is 0 Å². The van der Waals surface area contributed by atoms with E-state index in [9.17, 15) is 0 Å². The van der Waals surface area contributed by atoms with Crippen molar-refractivity contribution in [3.05, 3.63) is 0 Å². The zero-order chi connectivity index (χ0) is 6.85. The maximum Gasteiger partial charge on any atom is 0.00528 e. The second-order valence-electron chi connectivity index (χ2n) is 3.01. The van der Waals surface area contributed by atoms with Crippen molar-refractivity contribution in [2.24, 2.45) is 5.92 Å². The molecule has 0 radical (unpaired) electrons. The van der Waals surface area contributed by atoms with Gasteiger partial charge in [-0.15, -0.1) is 0 Å². The summed E-state index contributed by atoms with van der Waals surface area (Å²) in [6.07, 6.45) is 3.77. The zero-order valence-corrected chi connectivity index (χ0v) is 7.54. The quantitative estimate of drug-likeness (QED) is 0.502. The van der Waals surface area contributed by atoms with E-state index in [-0.39, 0.29) is 0 Å². The first-order valence-electron chi connectivity index (χ1n) is 3.56. The van der Waals surface area contributed by atoms with E-state index in [4.69, 9.17) is 0 Å². The summed E-state index contributed by atoms with van der Waals surface area (Å²) in [4.78, 5) is 0. The summed E-state index contributed by atoms with van der Waals surface area (Å²) >= 11 is 8.88. The average Bonchev–Trinajstić information content (AvgIpc) is 1.80. The zero-order valence-electron chi connectivity index (χ0n) is 5.75. The van der Waals surface area contributed by atoms with Gasteiger partial charge in [-0.05, 0) is 25.2 Å². The van der Waals surface area contributed by atoms with Crippen LogP contribution in [0.4, 0.5) is 0 Å². The van der Waals surface area contributed by atoms with Crippen molar-refractivity contribution < 1.29 is 0 Å². The molecule has 1 saturated carbocycles. The van der Waals surface area contributed by atoms with Crippen molar-refractivity contribution in [1.29, 1.82) is 0 Å². The smallest absolute Gasteiger partial charge is 0.00528 e. The molecule has 0 bridgehead atoms. The molecule has 0 aliphatic heterocycles. The Kier molecular flexibility index (Phi) is 2.77. The molecule has 9 heavy (non-hydrogen) atoms. The maximum absolute atomic E-state index is 4.47. The molecule has 0 amide bonds. The largest absolute Gasteiger partial charge is 0.176 e. The molecule has 3 atom stereocenters. The third-order valence-corrected chi connectivity index (χ3v) is 3.31. The van der Waals surface area contributed by atoms with Crippen LogP contribution in [0.15, 0.2) is 0 Å². The van der Waals surface area contributed by atoms with Crippen molar-refractivity contribution in [3.63, 3.8) is 0 Å². The van der Waals surface area contributed by atoms with Crippen LogP contribution in [-0.2, 0) is 0 Å². The van der Waals surface area contributed by atoms with E-state index in [0.717, 1.165) is 5.92 Å². The first-order valence-corrected chi connectivity index (χ1v) is 4.59. The predicted octanol–water partition coefficient (Wildman–Crippen LogP) is 2.40. The highest BCUT2D eigenvalue weighted by Gasteiger charge is 2.22. The maximum atomic E-state index is 4.47. The summed E-state index contributed by atoms with van der Waals surface area (Å²) in [5, 5.41) is 1.21. The van der Waals surface area contributed by atoms with Gasteiger partial charge in [-0.1, -0.05) is 6.92 Å². The number of rotatable bonds is 0. The van der Waals surface area contributed by atoms with Gasteiger partial charge in [0.1, 0.15) is 0 Å². The molecule has 0 aromatic carbocycles. The van der Waals surface area contributed by atoms with Crippen LogP contribution in [0.5, 0.6) is 0 Å². The third kappa shape index (κ3) is 2.08. The Labute approximate surface area is 68.2 Å². The SMILES string of the molecule is CC1CCC(S)CC1S. The molecule has 0 N–H and O–H groups in total. The van der Waals surface area contributed by atoms with Crippen LogP contribution >= 0.6 is 25.3 Å². The van der Waals surface area contributed by atoms with Gasteiger partial charge in [0, 0.05) is 10.5 Å². The van der Waals surface area contributed by atoms with Crippen molar-refractivity contribution in [3.8, 4) is 0 Å². The van der Waals surface area contributed by atoms with Gasteiger partial charge >= 0.3 is 0 Å². The fourth-order valence-corrected chi connectivity index (χ4v) is 2.22. The molecule has 54 valence electrons. The Bertz CT molecular complexity index is 92.9. The van der Waals surface area contributed by atoms with E-state index < -0.39 is 0 Å². The van der Waals surface area contributed by atoms with Gasteiger partial charge in [0.25, 0.3) is 0 Å². The highest BCUT2D eigenvalue weighted by molar-refractivity contribution is 7.82. The van der Waals surface area contributed by atoms with Crippen molar-refractivity contribution in [2.45, 2.75) is 36.7 Å². The molecule has 1 aliphatic carbocycles. The molecular weight excluding hydrogens is 148 g/mol.